The van der Waals surface area contributed by atoms with Crippen molar-refractivity contribution in [2.75, 3.05) is 0 Å². The summed E-state index contributed by atoms with van der Waals surface area (Å²) >= 11 is 0. The molecule has 0 aliphatic heterocycles. The van der Waals surface area contributed by atoms with E-state index in [1.165, 1.54) is 0 Å². The molecule has 0 aliphatic rings. The average molecular weight is 237 g/mol. The number of para-hydroxylation sites is 1. The Labute approximate surface area is 103 Å². The molecule has 0 spiro atoms. The second-order valence-corrected chi connectivity index (χ2v) is 5.08. The molecule has 1 aromatic carbocycles. The second-order valence-electron chi connectivity index (χ2n) is 5.08. The summed E-state index contributed by atoms with van der Waals surface area (Å²) in [4.78, 5) is 0. The van der Waals surface area contributed by atoms with Crippen LogP contribution < -0.4 is 5.73 Å². The van der Waals surface area contributed by atoms with Crippen molar-refractivity contribution in [3.63, 3.8) is 0 Å². The van der Waals surface area contributed by atoms with Crippen LogP contribution in [-0.2, 0) is 0 Å². The van der Waals surface area contributed by atoms with Crippen LogP contribution in [0.2, 0.25) is 0 Å². The summed E-state index contributed by atoms with van der Waals surface area (Å²) in [7, 11) is 0. The maximum atomic E-state index is 10.00. The van der Waals surface area contributed by atoms with Crippen LogP contribution in [0.25, 0.3) is 0 Å². The number of aliphatic hydroxyl groups is 1. The molecule has 17 heavy (non-hydrogen) atoms. The predicted octanol–water partition coefficient (Wildman–Crippen LogP) is 2.50. The minimum atomic E-state index is -0.606. The molecule has 4 N–H and O–H groups in total. The Bertz CT molecular complexity index is 363. The monoisotopic (exact) mass is 237 g/mol. The third-order valence-electron chi connectivity index (χ3n) is 3.08. The Kier molecular flexibility index (Phi) is 4.97. The first-order valence-electron chi connectivity index (χ1n) is 6.15. The highest BCUT2D eigenvalue weighted by Crippen LogP contribution is 2.29. The van der Waals surface area contributed by atoms with Crippen LogP contribution in [0.3, 0.4) is 0 Å². The summed E-state index contributed by atoms with van der Waals surface area (Å²) in [6, 6.07) is 4.92. The molecule has 96 valence electrons. The number of phenols is 1. The fourth-order valence-electron chi connectivity index (χ4n) is 1.84. The number of aliphatic hydroxyl groups excluding tert-OH is 1. The van der Waals surface area contributed by atoms with E-state index in [2.05, 4.69) is 13.8 Å². The molecule has 0 radical (unpaired) electrons. The number of rotatable bonds is 5. The predicted molar refractivity (Wildman–Crippen MR) is 69.9 cm³/mol. The summed E-state index contributed by atoms with van der Waals surface area (Å²) in [6.45, 7) is 6.05. The van der Waals surface area contributed by atoms with Gasteiger partial charge in [-0.15, -0.1) is 0 Å². The SMILES string of the molecule is Cc1cccc([C@H](N)[C@H](O)CCC(C)C)c1O. The van der Waals surface area contributed by atoms with Crippen LogP contribution in [0.4, 0.5) is 0 Å². The van der Waals surface area contributed by atoms with Gasteiger partial charge in [-0.25, -0.2) is 0 Å². The van der Waals surface area contributed by atoms with E-state index in [0.29, 0.717) is 17.9 Å². The van der Waals surface area contributed by atoms with Gasteiger partial charge < -0.3 is 15.9 Å². The number of aryl methyl sites for hydroxylation is 1. The van der Waals surface area contributed by atoms with E-state index >= 15 is 0 Å². The third-order valence-corrected chi connectivity index (χ3v) is 3.08. The Morgan fingerprint density at radius 3 is 2.47 bits per heavy atom. The minimum Gasteiger partial charge on any atom is -0.507 e. The van der Waals surface area contributed by atoms with E-state index in [1.54, 1.807) is 6.07 Å². The fourth-order valence-corrected chi connectivity index (χ4v) is 1.84. The minimum absolute atomic E-state index is 0.198. The van der Waals surface area contributed by atoms with E-state index in [0.717, 1.165) is 12.0 Å². The lowest BCUT2D eigenvalue weighted by atomic mass is 9.94. The fraction of sp³-hybridized carbons (Fsp3) is 0.571. The van der Waals surface area contributed by atoms with Gasteiger partial charge in [0.1, 0.15) is 5.75 Å². The first-order chi connectivity index (χ1) is 7.93. The summed E-state index contributed by atoms with van der Waals surface area (Å²) < 4.78 is 0. The van der Waals surface area contributed by atoms with Gasteiger partial charge in [-0.1, -0.05) is 32.0 Å². The van der Waals surface area contributed by atoms with Crippen LogP contribution in [0, 0.1) is 12.8 Å². The van der Waals surface area contributed by atoms with Crippen molar-refractivity contribution >= 4 is 0 Å². The van der Waals surface area contributed by atoms with E-state index in [4.69, 9.17) is 5.73 Å². The quantitative estimate of drug-likeness (QED) is 0.737. The van der Waals surface area contributed by atoms with Gasteiger partial charge in [-0.05, 0) is 31.2 Å². The summed E-state index contributed by atoms with van der Waals surface area (Å²) in [5.41, 5.74) is 7.40. The molecular formula is C14H23NO2. The summed E-state index contributed by atoms with van der Waals surface area (Å²) in [6.07, 6.45) is 0.985. The van der Waals surface area contributed by atoms with Crippen molar-refractivity contribution in [2.45, 2.75) is 45.8 Å². The normalized spacial score (nSPS) is 14.9. The number of hydrogen-bond acceptors (Lipinski definition) is 3. The van der Waals surface area contributed by atoms with Crippen molar-refractivity contribution in [3.05, 3.63) is 29.3 Å². The van der Waals surface area contributed by atoms with Gasteiger partial charge in [0.2, 0.25) is 0 Å². The van der Waals surface area contributed by atoms with Gasteiger partial charge in [0, 0.05) is 5.56 Å². The topological polar surface area (TPSA) is 66.5 Å². The Morgan fingerprint density at radius 1 is 1.24 bits per heavy atom. The number of benzene rings is 1. The maximum absolute atomic E-state index is 10.00. The zero-order valence-corrected chi connectivity index (χ0v) is 10.9. The van der Waals surface area contributed by atoms with Crippen LogP contribution >= 0.6 is 0 Å². The van der Waals surface area contributed by atoms with Crippen LogP contribution in [0.5, 0.6) is 5.75 Å². The largest absolute Gasteiger partial charge is 0.507 e. The van der Waals surface area contributed by atoms with Crippen molar-refractivity contribution in [3.8, 4) is 5.75 Å². The van der Waals surface area contributed by atoms with Crippen molar-refractivity contribution in [2.24, 2.45) is 11.7 Å². The smallest absolute Gasteiger partial charge is 0.123 e. The zero-order valence-electron chi connectivity index (χ0n) is 10.9. The molecule has 1 rings (SSSR count). The molecule has 0 heterocycles. The molecule has 0 amide bonds. The first-order valence-corrected chi connectivity index (χ1v) is 6.15. The lowest BCUT2D eigenvalue weighted by molar-refractivity contribution is 0.127. The second kappa shape index (κ2) is 6.03. The Hall–Kier alpha value is -1.06. The average Bonchev–Trinajstić information content (AvgIpc) is 2.28. The number of hydrogen-bond donors (Lipinski definition) is 3. The van der Waals surface area contributed by atoms with E-state index in [-0.39, 0.29) is 5.75 Å². The van der Waals surface area contributed by atoms with Gasteiger partial charge in [-0.2, -0.15) is 0 Å². The number of nitrogens with two attached hydrogens (primary N) is 1. The lowest BCUT2D eigenvalue weighted by Gasteiger charge is -2.21. The summed E-state index contributed by atoms with van der Waals surface area (Å²) in [5.74, 6) is 0.742. The highest BCUT2D eigenvalue weighted by Gasteiger charge is 2.20. The molecule has 3 nitrogen and oxygen atoms in total. The van der Waals surface area contributed by atoms with Crippen LogP contribution in [0.15, 0.2) is 18.2 Å². The highest BCUT2D eigenvalue weighted by molar-refractivity contribution is 5.41. The third kappa shape index (κ3) is 3.72. The highest BCUT2D eigenvalue weighted by atomic mass is 16.3. The standard InChI is InChI=1S/C14H23NO2/c1-9(2)7-8-12(16)13(15)11-6-4-5-10(3)14(11)17/h4-6,9,12-13,16-17H,7-8,15H2,1-3H3/t12-,13+/m1/s1. The van der Waals surface area contributed by atoms with Crippen LogP contribution in [-0.4, -0.2) is 16.3 Å². The molecule has 0 saturated heterocycles. The van der Waals surface area contributed by atoms with Gasteiger partial charge >= 0.3 is 0 Å². The maximum Gasteiger partial charge on any atom is 0.123 e. The molecule has 0 aliphatic carbocycles. The van der Waals surface area contributed by atoms with Crippen molar-refractivity contribution in [1.29, 1.82) is 0 Å². The van der Waals surface area contributed by atoms with E-state index in [9.17, 15) is 10.2 Å². The molecule has 0 unspecified atom stereocenters. The summed E-state index contributed by atoms with van der Waals surface area (Å²) in [5, 5.41) is 19.9. The Morgan fingerprint density at radius 2 is 1.88 bits per heavy atom. The molecule has 0 bridgehead atoms. The molecule has 3 heteroatoms. The molecule has 2 atom stereocenters. The zero-order chi connectivity index (χ0) is 13.0. The molecule has 0 saturated carbocycles. The van der Waals surface area contributed by atoms with E-state index < -0.39 is 12.1 Å². The van der Waals surface area contributed by atoms with Gasteiger partial charge in [0.15, 0.2) is 0 Å². The number of phenolic OH excluding ortho intramolecular Hbond substituents is 1. The lowest BCUT2D eigenvalue weighted by Crippen LogP contribution is -2.26. The molecular weight excluding hydrogens is 214 g/mol. The Balaban J connectivity index is 2.74. The first kappa shape index (κ1) is 14.0. The molecule has 0 fully saturated rings. The van der Waals surface area contributed by atoms with Crippen molar-refractivity contribution in [1.82, 2.24) is 0 Å². The van der Waals surface area contributed by atoms with Gasteiger partial charge in [0.05, 0.1) is 12.1 Å². The molecule has 0 aromatic heterocycles. The van der Waals surface area contributed by atoms with E-state index in [1.807, 2.05) is 19.1 Å². The van der Waals surface area contributed by atoms with Crippen LogP contribution in [0.1, 0.15) is 43.9 Å². The van der Waals surface area contributed by atoms with Crippen molar-refractivity contribution < 1.29 is 10.2 Å². The van der Waals surface area contributed by atoms with Gasteiger partial charge in [0.25, 0.3) is 0 Å². The van der Waals surface area contributed by atoms with Gasteiger partial charge in [-0.3, -0.25) is 0 Å². The number of aromatic hydroxyl groups is 1. The molecule has 1 aromatic rings.